The van der Waals surface area contributed by atoms with Crippen molar-refractivity contribution in [2.45, 2.75) is 13.0 Å². The van der Waals surface area contributed by atoms with Crippen molar-refractivity contribution in [3.05, 3.63) is 48.0 Å². The minimum Gasteiger partial charge on any atom is -0.485 e. The second kappa shape index (κ2) is 6.78. The Morgan fingerprint density at radius 3 is 2.81 bits per heavy atom. The van der Waals surface area contributed by atoms with Crippen molar-refractivity contribution in [2.75, 3.05) is 38.4 Å². The van der Waals surface area contributed by atoms with Gasteiger partial charge in [0.25, 0.3) is 5.91 Å². The van der Waals surface area contributed by atoms with Crippen LogP contribution in [0.25, 0.3) is 0 Å². The monoisotopic (exact) mass is 354 g/mol. The Balaban J connectivity index is 1.46. The predicted molar refractivity (Wildman–Crippen MR) is 98.3 cm³/mol. The normalized spacial score (nSPS) is 17.5. The first-order chi connectivity index (χ1) is 12.7. The number of carbonyl (C=O) groups is 1. The van der Waals surface area contributed by atoms with Crippen LogP contribution in [0.4, 0.5) is 5.69 Å². The van der Waals surface area contributed by atoms with E-state index in [1.54, 1.807) is 30.1 Å². The molecule has 2 heterocycles. The fourth-order valence-electron chi connectivity index (χ4n) is 3.41. The number of carbonyl (C=O) groups excluding carboxylic acids is 1. The summed E-state index contributed by atoms with van der Waals surface area (Å²) in [6.07, 6.45) is -0.0761. The summed E-state index contributed by atoms with van der Waals surface area (Å²) in [6, 6.07) is 13.3. The number of rotatable bonds is 4. The molecule has 2 aliphatic rings. The molecule has 1 atom stereocenters. The van der Waals surface area contributed by atoms with Crippen LogP contribution in [0.2, 0.25) is 0 Å². The molecule has 0 spiro atoms. The lowest BCUT2D eigenvalue weighted by Gasteiger charge is -2.37. The highest BCUT2D eigenvalue weighted by molar-refractivity contribution is 5.94. The van der Waals surface area contributed by atoms with E-state index in [2.05, 4.69) is 17.9 Å². The highest BCUT2D eigenvalue weighted by Crippen LogP contribution is 2.34. The smallest absolute Gasteiger partial charge is 0.253 e. The summed E-state index contributed by atoms with van der Waals surface area (Å²) in [5, 5.41) is 0. The fraction of sp³-hybridized carbons (Fsp3) is 0.350. The van der Waals surface area contributed by atoms with E-state index in [4.69, 9.17) is 14.2 Å². The molecular formula is C20H22N2O4. The lowest BCUT2D eigenvalue weighted by atomic mass is 10.1. The molecule has 26 heavy (non-hydrogen) atoms. The first-order valence-electron chi connectivity index (χ1n) is 8.81. The Bertz CT molecular complexity index is 823. The molecule has 0 saturated heterocycles. The van der Waals surface area contributed by atoms with Crippen molar-refractivity contribution >= 4 is 11.6 Å². The number of amides is 1. The van der Waals surface area contributed by atoms with Crippen LogP contribution < -0.4 is 19.1 Å². The van der Waals surface area contributed by atoms with E-state index in [1.165, 1.54) is 0 Å². The van der Waals surface area contributed by atoms with Crippen LogP contribution in [0.1, 0.15) is 17.3 Å². The zero-order chi connectivity index (χ0) is 18.1. The van der Waals surface area contributed by atoms with Crippen molar-refractivity contribution in [3.8, 4) is 17.2 Å². The molecule has 0 radical (unpaired) electrons. The van der Waals surface area contributed by atoms with Crippen molar-refractivity contribution in [3.63, 3.8) is 0 Å². The molecule has 0 bridgehead atoms. The SMILES string of the molecule is CCN1C[C@H](CN(C)C(=O)c2ccc3c(c2)OCO3)Oc2ccccc21. The Kier molecular flexibility index (Phi) is 4.32. The highest BCUT2D eigenvalue weighted by Gasteiger charge is 2.27. The minimum atomic E-state index is -0.0761. The second-order valence-corrected chi connectivity index (χ2v) is 6.50. The summed E-state index contributed by atoms with van der Waals surface area (Å²) in [5.41, 5.74) is 1.69. The Morgan fingerprint density at radius 1 is 1.15 bits per heavy atom. The third-order valence-corrected chi connectivity index (χ3v) is 4.75. The van der Waals surface area contributed by atoms with Gasteiger partial charge in [0.2, 0.25) is 6.79 Å². The van der Waals surface area contributed by atoms with Crippen LogP contribution in [-0.2, 0) is 0 Å². The van der Waals surface area contributed by atoms with Gasteiger partial charge in [-0.2, -0.15) is 0 Å². The number of hydrogen-bond donors (Lipinski definition) is 0. The molecule has 0 N–H and O–H groups in total. The summed E-state index contributed by atoms with van der Waals surface area (Å²) in [7, 11) is 1.80. The van der Waals surface area contributed by atoms with E-state index in [-0.39, 0.29) is 18.8 Å². The molecule has 136 valence electrons. The summed E-state index contributed by atoms with van der Waals surface area (Å²) >= 11 is 0. The van der Waals surface area contributed by atoms with Crippen LogP contribution in [0.15, 0.2) is 42.5 Å². The van der Waals surface area contributed by atoms with Gasteiger partial charge in [0.15, 0.2) is 11.5 Å². The van der Waals surface area contributed by atoms with E-state index in [1.807, 2.05) is 18.2 Å². The van der Waals surface area contributed by atoms with E-state index in [0.717, 1.165) is 24.5 Å². The van der Waals surface area contributed by atoms with Gasteiger partial charge in [0.05, 0.1) is 18.8 Å². The van der Waals surface area contributed by atoms with Crippen LogP contribution in [0.5, 0.6) is 17.2 Å². The van der Waals surface area contributed by atoms with Crippen LogP contribution >= 0.6 is 0 Å². The van der Waals surface area contributed by atoms with Gasteiger partial charge in [-0.15, -0.1) is 0 Å². The van der Waals surface area contributed by atoms with Crippen LogP contribution in [-0.4, -0.2) is 50.4 Å². The standard InChI is InChI=1S/C20H22N2O4/c1-3-22-12-15(26-17-7-5-4-6-16(17)22)11-21(2)20(23)14-8-9-18-19(10-14)25-13-24-18/h4-10,15H,3,11-13H2,1-2H3/t15-/m0/s1. The molecule has 2 aliphatic heterocycles. The molecule has 1 amide bonds. The van der Waals surface area contributed by atoms with E-state index in [0.29, 0.717) is 23.6 Å². The number of likely N-dealkylation sites (N-methyl/N-ethyl adjacent to an activating group) is 2. The number of para-hydroxylation sites is 2. The summed E-state index contributed by atoms with van der Waals surface area (Å²) in [6.45, 7) is 4.49. The van der Waals surface area contributed by atoms with Gasteiger partial charge in [-0.3, -0.25) is 4.79 Å². The first kappa shape index (κ1) is 16.6. The lowest BCUT2D eigenvalue weighted by Crippen LogP contribution is -2.46. The fourth-order valence-corrected chi connectivity index (χ4v) is 3.41. The molecule has 0 aromatic heterocycles. The first-order valence-corrected chi connectivity index (χ1v) is 8.81. The average Bonchev–Trinajstić information content (AvgIpc) is 3.14. The Morgan fingerprint density at radius 2 is 1.96 bits per heavy atom. The molecule has 0 fully saturated rings. The maximum absolute atomic E-state index is 12.8. The van der Waals surface area contributed by atoms with Gasteiger partial charge in [-0.25, -0.2) is 0 Å². The quantitative estimate of drug-likeness (QED) is 0.845. The Hall–Kier alpha value is -2.89. The van der Waals surface area contributed by atoms with Gasteiger partial charge >= 0.3 is 0 Å². The lowest BCUT2D eigenvalue weighted by molar-refractivity contribution is 0.0709. The topological polar surface area (TPSA) is 51.2 Å². The maximum atomic E-state index is 12.8. The van der Waals surface area contributed by atoms with E-state index < -0.39 is 0 Å². The minimum absolute atomic E-state index is 0.0613. The maximum Gasteiger partial charge on any atom is 0.253 e. The number of fused-ring (bicyclic) bond motifs is 2. The van der Waals surface area contributed by atoms with Crippen molar-refractivity contribution in [2.24, 2.45) is 0 Å². The third-order valence-electron chi connectivity index (χ3n) is 4.75. The average molecular weight is 354 g/mol. The molecule has 2 aromatic rings. The van der Waals surface area contributed by atoms with E-state index >= 15 is 0 Å². The van der Waals surface area contributed by atoms with Crippen LogP contribution in [0, 0.1) is 0 Å². The Labute approximate surface area is 152 Å². The van der Waals surface area contributed by atoms with Crippen molar-refractivity contribution in [1.29, 1.82) is 0 Å². The molecule has 6 nitrogen and oxygen atoms in total. The predicted octanol–water partition coefficient (Wildman–Crippen LogP) is 2.77. The number of benzene rings is 2. The third kappa shape index (κ3) is 3.03. The molecule has 0 unspecified atom stereocenters. The van der Waals surface area contributed by atoms with Gasteiger partial charge in [0.1, 0.15) is 11.9 Å². The zero-order valence-corrected chi connectivity index (χ0v) is 15.0. The van der Waals surface area contributed by atoms with Gasteiger partial charge < -0.3 is 24.0 Å². The van der Waals surface area contributed by atoms with Crippen LogP contribution in [0.3, 0.4) is 0 Å². The second-order valence-electron chi connectivity index (χ2n) is 6.50. The molecule has 2 aromatic carbocycles. The molecule has 0 aliphatic carbocycles. The number of ether oxygens (including phenoxy) is 3. The molecule has 4 rings (SSSR count). The summed E-state index contributed by atoms with van der Waals surface area (Å²) in [4.78, 5) is 16.8. The molecule has 6 heteroatoms. The van der Waals surface area contributed by atoms with Crippen molar-refractivity contribution < 1.29 is 19.0 Å². The highest BCUT2D eigenvalue weighted by atomic mass is 16.7. The number of nitrogens with zero attached hydrogens (tertiary/aromatic N) is 2. The summed E-state index contributed by atoms with van der Waals surface area (Å²) < 4.78 is 16.8. The zero-order valence-electron chi connectivity index (χ0n) is 15.0. The van der Waals surface area contributed by atoms with Gasteiger partial charge in [-0.05, 0) is 37.3 Å². The van der Waals surface area contributed by atoms with E-state index in [9.17, 15) is 4.79 Å². The molecule has 0 saturated carbocycles. The summed E-state index contributed by atoms with van der Waals surface area (Å²) in [5.74, 6) is 2.10. The number of hydrogen-bond acceptors (Lipinski definition) is 5. The van der Waals surface area contributed by atoms with Gasteiger partial charge in [0, 0.05) is 19.2 Å². The largest absolute Gasteiger partial charge is 0.485 e. The molecular weight excluding hydrogens is 332 g/mol. The van der Waals surface area contributed by atoms with Crippen molar-refractivity contribution in [1.82, 2.24) is 4.90 Å². The number of anilines is 1. The van der Waals surface area contributed by atoms with Gasteiger partial charge in [-0.1, -0.05) is 12.1 Å².